The van der Waals surface area contributed by atoms with Gasteiger partial charge in [0, 0.05) is 31.2 Å². The molecule has 4 rings (SSSR count). The number of amides is 1. The second-order valence-corrected chi connectivity index (χ2v) is 7.99. The van der Waals surface area contributed by atoms with E-state index in [9.17, 15) is 9.59 Å². The molecular weight excluding hydrogens is 392 g/mol. The predicted molar refractivity (Wildman–Crippen MR) is 120 cm³/mol. The number of hydrogen-bond donors (Lipinski definition) is 3. The Labute approximate surface area is 180 Å². The summed E-state index contributed by atoms with van der Waals surface area (Å²) in [4.78, 5) is 34.2. The summed E-state index contributed by atoms with van der Waals surface area (Å²) in [6, 6.07) is 9.22. The van der Waals surface area contributed by atoms with Crippen molar-refractivity contribution < 1.29 is 4.79 Å². The second-order valence-electron chi connectivity index (χ2n) is 7.99. The molecule has 0 radical (unpaired) electrons. The van der Waals surface area contributed by atoms with E-state index in [2.05, 4.69) is 38.8 Å². The van der Waals surface area contributed by atoms with Crippen molar-refractivity contribution in [2.24, 2.45) is 0 Å². The highest BCUT2D eigenvalue weighted by Gasteiger charge is 2.30. The number of nitrogens with one attached hydrogen (secondary N) is 2. The maximum absolute atomic E-state index is 13.1. The maximum Gasteiger partial charge on any atom is 0.294 e. The molecule has 8 nitrogen and oxygen atoms in total. The molecule has 1 aliphatic heterocycles. The Morgan fingerprint density at radius 1 is 1.10 bits per heavy atom. The number of benzene rings is 1. The van der Waals surface area contributed by atoms with Gasteiger partial charge in [-0.15, -0.1) is 0 Å². The summed E-state index contributed by atoms with van der Waals surface area (Å²) in [5.74, 6) is 0.495. The summed E-state index contributed by atoms with van der Waals surface area (Å²) in [6.07, 6.45) is 4.52. The minimum absolute atomic E-state index is 0.191. The van der Waals surface area contributed by atoms with Crippen LogP contribution in [0.5, 0.6) is 0 Å². The molecule has 31 heavy (non-hydrogen) atoms. The third kappa shape index (κ3) is 4.58. The monoisotopic (exact) mass is 418 g/mol. The first-order valence-corrected chi connectivity index (χ1v) is 10.3. The van der Waals surface area contributed by atoms with Gasteiger partial charge in [0.2, 0.25) is 5.91 Å². The highest BCUT2D eigenvalue weighted by Crippen LogP contribution is 2.24. The summed E-state index contributed by atoms with van der Waals surface area (Å²) in [7, 11) is 0. The molecule has 0 saturated heterocycles. The Balaban J connectivity index is 1.48. The number of fused-ring (bicyclic) bond motifs is 1. The summed E-state index contributed by atoms with van der Waals surface area (Å²) in [5, 5.41) is 6.04. The third-order valence-corrected chi connectivity index (χ3v) is 5.42. The highest BCUT2D eigenvalue weighted by molar-refractivity contribution is 5.81. The van der Waals surface area contributed by atoms with Crippen molar-refractivity contribution in [1.82, 2.24) is 19.9 Å². The Kier molecular flexibility index (Phi) is 5.70. The molecule has 8 heteroatoms. The summed E-state index contributed by atoms with van der Waals surface area (Å²) < 4.78 is 1.56. The van der Waals surface area contributed by atoms with E-state index in [1.54, 1.807) is 23.0 Å². The second kappa shape index (κ2) is 8.59. The van der Waals surface area contributed by atoms with Crippen LogP contribution in [-0.2, 0) is 24.3 Å². The van der Waals surface area contributed by atoms with E-state index in [1.165, 1.54) is 11.1 Å². The largest absolute Gasteiger partial charge is 0.384 e. The zero-order valence-electron chi connectivity index (χ0n) is 17.7. The third-order valence-electron chi connectivity index (χ3n) is 5.42. The van der Waals surface area contributed by atoms with E-state index in [0.717, 1.165) is 16.8 Å². The number of carbonyl (C=O) groups excluding carboxylic acids is 1. The van der Waals surface area contributed by atoms with Crippen molar-refractivity contribution in [2.45, 2.75) is 45.8 Å². The number of nitrogens with zero attached hydrogens (tertiary/aromatic N) is 3. The fraction of sp³-hybridized carbons (Fsp3) is 0.304. The van der Waals surface area contributed by atoms with Gasteiger partial charge >= 0.3 is 0 Å². The van der Waals surface area contributed by atoms with Gasteiger partial charge in [-0.05, 0) is 43.9 Å². The first-order chi connectivity index (χ1) is 14.9. The fourth-order valence-electron chi connectivity index (χ4n) is 4.02. The van der Waals surface area contributed by atoms with E-state index >= 15 is 0 Å². The molecular formula is C23H26N6O2. The molecule has 0 aliphatic carbocycles. The minimum atomic E-state index is -0.547. The van der Waals surface area contributed by atoms with Crippen molar-refractivity contribution in [3.8, 4) is 0 Å². The number of carbonyl (C=O) groups is 1. The molecule has 1 amide bonds. The van der Waals surface area contributed by atoms with Crippen LogP contribution >= 0.6 is 0 Å². The van der Waals surface area contributed by atoms with E-state index in [-0.39, 0.29) is 17.3 Å². The van der Waals surface area contributed by atoms with Crippen molar-refractivity contribution in [3.63, 3.8) is 0 Å². The van der Waals surface area contributed by atoms with Gasteiger partial charge in [-0.2, -0.15) is 0 Å². The first kappa shape index (κ1) is 20.6. The van der Waals surface area contributed by atoms with E-state index in [4.69, 9.17) is 5.73 Å². The van der Waals surface area contributed by atoms with Crippen LogP contribution in [0.3, 0.4) is 0 Å². The van der Waals surface area contributed by atoms with Gasteiger partial charge < -0.3 is 16.4 Å². The van der Waals surface area contributed by atoms with Gasteiger partial charge in [-0.25, -0.2) is 9.97 Å². The average Bonchev–Trinajstić information content (AvgIpc) is 3.17. The fourth-order valence-corrected chi connectivity index (χ4v) is 4.02. The SMILES string of the molecule is Cc1cc(C)cc(CNc2ncc3n(c2=O)[C@H](C(=O)NCc2ccc(N)nc2)CC3)c1. The lowest BCUT2D eigenvalue weighted by atomic mass is 10.1. The Hall–Kier alpha value is -3.68. The molecule has 3 aromatic rings. The zero-order valence-corrected chi connectivity index (χ0v) is 17.7. The van der Waals surface area contributed by atoms with Gasteiger partial charge in [0.1, 0.15) is 11.9 Å². The molecule has 160 valence electrons. The summed E-state index contributed by atoms with van der Waals surface area (Å²) >= 11 is 0. The number of rotatable bonds is 6. The highest BCUT2D eigenvalue weighted by atomic mass is 16.2. The van der Waals surface area contributed by atoms with Crippen LogP contribution < -0.4 is 21.9 Å². The molecule has 0 spiro atoms. The molecule has 4 N–H and O–H groups in total. The van der Waals surface area contributed by atoms with Gasteiger partial charge in [0.15, 0.2) is 5.82 Å². The summed E-state index contributed by atoms with van der Waals surface area (Å²) in [5.41, 5.74) is 10.4. The number of pyridine rings is 1. The smallest absolute Gasteiger partial charge is 0.294 e. The molecule has 1 atom stereocenters. The normalized spacial score (nSPS) is 14.8. The molecule has 0 unspecified atom stereocenters. The quantitative estimate of drug-likeness (QED) is 0.566. The average molecular weight is 419 g/mol. The van der Waals surface area contributed by atoms with Crippen LogP contribution in [0.4, 0.5) is 11.6 Å². The molecule has 3 heterocycles. The topological polar surface area (TPSA) is 115 Å². The number of aryl methyl sites for hydroxylation is 3. The van der Waals surface area contributed by atoms with Crippen molar-refractivity contribution in [3.05, 3.63) is 81.0 Å². The number of nitrogen functional groups attached to an aromatic ring is 1. The van der Waals surface area contributed by atoms with Crippen LogP contribution in [0.15, 0.2) is 47.5 Å². The molecule has 1 aromatic carbocycles. The molecule has 0 saturated carbocycles. The first-order valence-electron chi connectivity index (χ1n) is 10.3. The van der Waals surface area contributed by atoms with Gasteiger partial charge in [0.05, 0.1) is 0 Å². The maximum atomic E-state index is 13.1. The number of nitrogens with two attached hydrogens (primary N) is 1. The van der Waals surface area contributed by atoms with Crippen molar-refractivity contribution >= 4 is 17.5 Å². The van der Waals surface area contributed by atoms with Crippen LogP contribution in [0.2, 0.25) is 0 Å². The van der Waals surface area contributed by atoms with Crippen LogP contribution in [-0.4, -0.2) is 20.4 Å². The van der Waals surface area contributed by atoms with E-state index < -0.39 is 6.04 Å². The lowest BCUT2D eigenvalue weighted by molar-refractivity contribution is -0.124. The van der Waals surface area contributed by atoms with Gasteiger partial charge in [-0.3, -0.25) is 14.2 Å². The van der Waals surface area contributed by atoms with E-state index in [1.807, 2.05) is 19.9 Å². The van der Waals surface area contributed by atoms with Crippen molar-refractivity contribution in [2.75, 3.05) is 11.1 Å². The predicted octanol–water partition coefficient (Wildman–Crippen LogP) is 2.25. The van der Waals surface area contributed by atoms with E-state index in [0.29, 0.717) is 31.7 Å². The standard InChI is InChI=1S/C23H26N6O2/c1-14-7-15(2)9-17(8-14)12-26-21-23(31)29-18(13-27-21)4-5-19(29)22(30)28-11-16-3-6-20(24)25-10-16/h3,6-10,13,19H,4-5,11-12H2,1-2H3,(H2,24,25)(H,26,27)(H,28,30)/t19-/m0/s1. The van der Waals surface area contributed by atoms with Gasteiger partial charge in [0.25, 0.3) is 5.56 Å². The molecule has 2 aromatic heterocycles. The zero-order chi connectivity index (χ0) is 22.0. The Bertz CT molecular complexity index is 1150. The number of anilines is 2. The van der Waals surface area contributed by atoms with Crippen LogP contribution in [0.1, 0.15) is 40.4 Å². The summed E-state index contributed by atoms with van der Waals surface area (Å²) in [6.45, 7) is 4.91. The Morgan fingerprint density at radius 2 is 1.87 bits per heavy atom. The van der Waals surface area contributed by atoms with Crippen LogP contribution in [0.25, 0.3) is 0 Å². The number of aromatic nitrogens is 3. The minimum Gasteiger partial charge on any atom is -0.384 e. The van der Waals surface area contributed by atoms with Crippen LogP contribution in [0, 0.1) is 13.8 Å². The number of hydrogen-bond acceptors (Lipinski definition) is 6. The molecule has 0 bridgehead atoms. The Morgan fingerprint density at radius 3 is 2.58 bits per heavy atom. The van der Waals surface area contributed by atoms with Gasteiger partial charge in [-0.1, -0.05) is 35.4 Å². The lowest BCUT2D eigenvalue weighted by Crippen LogP contribution is -2.36. The van der Waals surface area contributed by atoms with Crippen molar-refractivity contribution in [1.29, 1.82) is 0 Å². The lowest BCUT2D eigenvalue weighted by Gasteiger charge is -2.16. The molecule has 1 aliphatic rings. The molecule has 0 fully saturated rings.